The van der Waals surface area contributed by atoms with E-state index in [1.54, 1.807) is 18.4 Å². The van der Waals surface area contributed by atoms with Crippen LogP contribution in [0.3, 0.4) is 0 Å². The lowest BCUT2D eigenvalue weighted by Gasteiger charge is -2.22. The van der Waals surface area contributed by atoms with Crippen molar-refractivity contribution >= 4 is 27.3 Å². The Balaban J connectivity index is 2.46. The number of nitrogens with one attached hydrogen (secondary N) is 1. The Morgan fingerprint density at radius 1 is 1.29 bits per heavy atom. The number of halogens is 1. The van der Waals surface area contributed by atoms with Crippen molar-refractivity contribution in [3.63, 3.8) is 0 Å². The highest BCUT2D eigenvalue weighted by Crippen LogP contribution is 2.36. The predicted octanol–water partition coefficient (Wildman–Crippen LogP) is 5.23. The number of hydrogen-bond acceptors (Lipinski definition) is 3. The molecule has 2 rings (SSSR count). The molecule has 0 aliphatic heterocycles. The van der Waals surface area contributed by atoms with E-state index in [0.29, 0.717) is 0 Å². The Kier molecular flexibility index (Phi) is 5.85. The summed E-state index contributed by atoms with van der Waals surface area (Å²) in [7, 11) is 1.73. The van der Waals surface area contributed by atoms with E-state index in [1.807, 2.05) is 0 Å². The molecule has 1 heterocycles. The fourth-order valence-electron chi connectivity index (χ4n) is 2.49. The fraction of sp³-hybridized carbons (Fsp3) is 0.412. The Morgan fingerprint density at radius 3 is 2.62 bits per heavy atom. The Hall–Kier alpha value is -0.840. The van der Waals surface area contributed by atoms with Crippen molar-refractivity contribution in [2.75, 3.05) is 13.7 Å². The molecule has 0 saturated heterocycles. The van der Waals surface area contributed by atoms with Crippen molar-refractivity contribution in [3.05, 3.63) is 49.6 Å². The number of benzene rings is 1. The van der Waals surface area contributed by atoms with Crippen LogP contribution in [-0.4, -0.2) is 13.7 Å². The van der Waals surface area contributed by atoms with Crippen molar-refractivity contribution in [1.29, 1.82) is 0 Å². The lowest BCUT2D eigenvalue weighted by molar-refractivity contribution is 0.411. The third-order valence-corrected chi connectivity index (χ3v) is 5.54. The van der Waals surface area contributed by atoms with E-state index >= 15 is 0 Å². The largest absolute Gasteiger partial charge is 0.496 e. The molecule has 0 fully saturated rings. The first-order valence-corrected chi connectivity index (χ1v) is 8.87. The van der Waals surface area contributed by atoms with Gasteiger partial charge < -0.3 is 10.1 Å². The second-order valence-electron chi connectivity index (χ2n) is 5.20. The molecule has 2 aromatic rings. The Bertz CT molecular complexity index is 609. The van der Waals surface area contributed by atoms with E-state index in [1.165, 1.54) is 26.0 Å². The summed E-state index contributed by atoms with van der Waals surface area (Å²) in [5, 5.41) is 5.80. The van der Waals surface area contributed by atoms with Crippen molar-refractivity contribution in [3.8, 4) is 5.75 Å². The van der Waals surface area contributed by atoms with Gasteiger partial charge in [-0.15, -0.1) is 11.3 Å². The number of hydrogen-bond donors (Lipinski definition) is 1. The number of ether oxygens (including phenoxy) is 1. The molecule has 4 heteroatoms. The van der Waals surface area contributed by atoms with Crippen LogP contribution in [0.2, 0.25) is 0 Å². The van der Waals surface area contributed by atoms with Gasteiger partial charge in [0.25, 0.3) is 0 Å². The SMILES string of the molecule is CCCNC(c1cc(C)c(OC)cc1C)c1sccc1Br. The topological polar surface area (TPSA) is 21.3 Å². The highest BCUT2D eigenvalue weighted by molar-refractivity contribution is 9.10. The van der Waals surface area contributed by atoms with Gasteiger partial charge in [-0.25, -0.2) is 0 Å². The molecule has 0 spiro atoms. The second kappa shape index (κ2) is 7.43. The van der Waals surface area contributed by atoms with Gasteiger partial charge in [0.05, 0.1) is 13.2 Å². The molecule has 2 nitrogen and oxygen atoms in total. The minimum atomic E-state index is 0.226. The predicted molar refractivity (Wildman–Crippen MR) is 94.6 cm³/mol. The summed E-state index contributed by atoms with van der Waals surface area (Å²) in [5.41, 5.74) is 3.75. The quantitative estimate of drug-likeness (QED) is 0.754. The summed E-state index contributed by atoms with van der Waals surface area (Å²) >= 11 is 5.46. The average Bonchev–Trinajstić information content (AvgIpc) is 2.88. The van der Waals surface area contributed by atoms with Crippen molar-refractivity contribution in [1.82, 2.24) is 5.32 Å². The maximum atomic E-state index is 5.43. The number of aryl methyl sites for hydroxylation is 2. The second-order valence-corrected chi connectivity index (χ2v) is 7.00. The molecule has 0 radical (unpaired) electrons. The maximum absolute atomic E-state index is 5.43. The molecule has 0 bridgehead atoms. The number of rotatable bonds is 6. The van der Waals surface area contributed by atoms with Crippen LogP contribution >= 0.6 is 27.3 Å². The normalized spacial score (nSPS) is 12.4. The monoisotopic (exact) mass is 367 g/mol. The van der Waals surface area contributed by atoms with E-state index in [0.717, 1.165) is 18.7 Å². The fourth-order valence-corrected chi connectivity index (χ4v) is 4.18. The van der Waals surface area contributed by atoms with Crippen LogP contribution in [0, 0.1) is 13.8 Å². The van der Waals surface area contributed by atoms with Gasteiger partial charge in [0.15, 0.2) is 0 Å². The molecule has 1 aromatic heterocycles. The van der Waals surface area contributed by atoms with Crippen molar-refractivity contribution in [2.45, 2.75) is 33.2 Å². The minimum Gasteiger partial charge on any atom is -0.496 e. The molecule has 1 aromatic carbocycles. The van der Waals surface area contributed by atoms with Gasteiger partial charge in [0, 0.05) is 9.35 Å². The summed E-state index contributed by atoms with van der Waals surface area (Å²) in [5.74, 6) is 0.954. The molecular formula is C17H22BrNOS. The number of methoxy groups -OCH3 is 1. The summed E-state index contributed by atoms with van der Waals surface area (Å²) in [6.07, 6.45) is 1.12. The molecule has 1 atom stereocenters. The van der Waals surface area contributed by atoms with Crippen LogP contribution in [0.4, 0.5) is 0 Å². The smallest absolute Gasteiger partial charge is 0.122 e. The highest BCUT2D eigenvalue weighted by atomic mass is 79.9. The summed E-state index contributed by atoms with van der Waals surface area (Å²) in [6.45, 7) is 7.45. The molecule has 0 aliphatic rings. The first-order chi connectivity index (χ1) is 10.1. The van der Waals surface area contributed by atoms with E-state index in [9.17, 15) is 0 Å². The zero-order valence-corrected chi connectivity index (χ0v) is 15.4. The van der Waals surface area contributed by atoms with Crippen LogP contribution in [0.5, 0.6) is 5.75 Å². The zero-order valence-electron chi connectivity index (χ0n) is 13.0. The van der Waals surface area contributed by atoms with E-state index in [4.69, 9.17) is 4.74 Å². The van der Waals surface area contributed by atoms with Gasteiger partial charge in [-0.3, -0.25) is 0 Å². The third-order valence-electron chi connectivity index (χ3n) is 3.60. The summed E-state index contributed by atoms with van der Waals surface area (Å²) in [6, 6.07) is 6.72. The van der Waals surface area contributed by atoms with E-state index in [2.05, 4.69) is 65.6 Å². The molecule has 0 saturated carbocycles. The minimum absolute atomic E-state index is 0.226. The van der Waals surface area contributed by atoms with Gasteiger partial charge in [-0.2, -0.15) is 0 Å². The van der Waals surface area contributed by atoms with Crippen LogP contribution in [-0.2, 0) is 0 Å². The molecular weight excluding hydrogens is 346 g/mol. The first-order valence-electron chi connectivity index (χ1n) is 7.19. The highest BCUT2D eigenvalue weighted by Gasteiger charge is 2.20. The molecule has 1 N–H and O–H groups in total. The Labute approximate surface area is 139 Å². The summed E-state index contributed by atoms with van der Waals surface area (Å²) < 4.78 is 6.60. The first kappa shape index (κ1) is 16.5. The zero-order chi connectivity index (χ0) is 15.4. The van der Waals surface area contributed by atoms with Crippen LogP contribution in [0.15, 0.2) is 28.1 Å². The standard InChI is InChI=1S/C17H22BrNOS/c1-5-7-19-16(17-14(18)6-8-21-17)13-9-12(3)15(20-4)10-11(13)2/h6,8-10,16,19H,5,7H2,1-4H3. The lowest BCUT2D eigenvalue weighted by Crippen LogP contribution is -2.23. The molecule has 0 amide bonds. The van der Waals surface area contributed by atoms with Crippen molar-refractivity contribution in [2.24, 2.45) is 0 Å². The molecule has 21 heavy (non-hydrogen) atoms. The van der Waals surface area contributed by atoms with Gasteiger partial charge in [0.1, 0.15) is 5.75 Å². The maximum Gasteiger partial charge on any atom is 0.122 e. The van der Waals surface area contributed by atoms with Crippen molar-refractivity contribution < 1.29 is 4.74 Å². The van der Waals surface area contributed by atoms with Gasteiger partial charge in [-0.1, -0.05) is 13.0 Å². The van der Waals surface area contributed by atoms with Gasteiger partial charge in [-0.05, 0) is 76.9 Å². The van der Waals surface area contributed by atoms with Gasteiger partial charge >= 0.3 is 0 Å². The molecule has 1 unspecified atom stereocenters. The van der Waals surface area contributed by atoms with Gasteiger partial charge in [0.2, 0.25) is 0 Å². The van der Waals surface area contributed by atoms with E-state index in [-0.39, 0.29) is 6.04 Å². The van der Waals surface area contributed by atoms with E-state index < -0.39 is 0 Å². The molecule has 114 valence electrons. The molecule has 0 aliphatic carbocycles. The lowest BCUT2D eigenvalue weighted by atomic mass is 9.97. The van der Waals surface area contributed by atoms with Crippen LogP contribution in [0.1, 0.15) is 41.0 Å². The van der Waals surface area contributed by atoms with Crippen LogP contribution in [0.25, 0.3) is 0 Å². The average molecular weight is 368 g/mol. The van der Waals surface area contributed by atoms with Crippen LogP contribution < -0.4 is 10.1 Å². The number of thiophene rings is 1. The summed E-state index contributed by atoms with van der Waals surface area (Å²) in [4.78, 5) is 1.33. The Morgan fingerprint density at radius 2 is 2.05 bits per heavy atom. The third kappa shape index (κ3) is 3.68.